The van der Waals surface area contributed by atoms with Crippen molar-refractivity contribution in [1.29, 1.82) is 0 Å². The summed E-state index contributed by atoms with van der Waals surface area (Å²) in [5, 5.41) is 25.7. The minimum atomic E-state index is -0.916. The molecule has 2 aromatic heterocycles. The lowest BCUT2D eigenvalue weighted by Crippen LogP contribution is -2.33. The summed E-state index contributed by atoms with van der Waals surface area (Å²) in [7, 11) is 0. The lowest BCUT2D eigenvalue weighted by molar-refractivity contribution is -0.140. The molecular weight excluding hydrogens is 360 g/mol. The maximum absolute atomic E-state index is 11.0. The molecule has 1 aromatic carbocycles. The van der Waals surface area contributed by atoms with Gasteiger partial charge in [0.05, 0.1) is 22.4 Å². The van der Waals surface area contributed by atoms with Crippen molar-refractivity contribution in [3.05, 3.63) is 47.8 Å². The fraction of sp³-hybridized carbons (Fsp3) is 0.300. The summed E-state index contributed by atoms with van der Waals surface area (Å²) in [6.45, 7) is 3.82. The number of hydrogen-bond acceptors (Lipinski definition) is 6. The molecule has 2 atom stereocenters. The summed E-state index contributed by atoms with van der Waals surface area (Å²) < 4.78 is 0. The summed E-state index contributed by atoms with van der Waals surface area (Å²) in [6.07, 6.45) is 0. The first kappa shape index (κ1) is 19.7. The highest BCUT2D eigenvalue weighted by molar-refractivity contribution is 6.02. The molecule has 0 fully saturated rings. The number of pyridine rings is 2. The maximum Gasteiger partial charge on any atom is 0.320 e. The van der Waals surface area contributed by atoms with E-state index in [2.05, 4.69) is 20.6 Å². The minimum absolute atomic E-state index is 0.331. The normalized spacial score (nSPS) is 13.5. The van der Waals surface area contributed by atoms with Crippen LogP contribution >= 0.6 is 0 Å². The van der Waals surface area contributed by atoms with Crippen LogP contribution in [0.4, 0.5) is 0 Å². The van der Waals surface area contributed by atoms with Crippen molar-refractivity contribution < 1.29 is 19.8 Å². The molecule has 0 unspecified atom stereocenters. The predicted molar refractivity (Wildman–Crippen MR) is 105 cm³/mol. The quantitative estimate of drug-likeness (QED) is 0.436. The number of aromatic nitrogens is 2. The summed E-state index contributed by atoms with van der Waals surface area (Å²) in [4.78, 5) is 31.3. The van der Waals surface area contributed by atoms with Crippen molar-refractivity contribution in [3.63, 3.8) is 0 Å². The molecular formula is C20H22N4O4. The van der Waals surface area contributed by atoms with Crippen LogP contribution < -0.4 is 10.6 Å². The van der Waals surface area contributed by atoms with Crippen molar-refractivity contribution in [1.82, 2.24) is 20.6 Å². The van der Waals surface area contributed by atoms with Crippen LogP contribution in [0.5, 0.6) is 0 Å². The number of fused-ring (bicyclic) bond motifs is 3. The largest absolute Gasteiger partial charge is 0.480 e. The van der Waals surface area contributed by atoms with Crippen molar-refractivity contribution >= 4 is 33.7 Å². The Labute approximate surface area is 161 Å². The first-order chi connectivity index (χ1) is 13.3. The van der Waals surface area contributed by atoms with Crippen LogP contribution in [0.2, 0.25) is 0 Å². The number of carbonyl (C=O) groups is 2. The van der Waals surface area contributed by atoms with Gasteiger partial charge < -0.3 is 10.2 Å². The van der Waals surface area contributed by atoms with E-state index in [0.29, 0.717) is 13.1 Å². The van der Waals surface area contributed by atoms with Gasteiger partial charge in [-0.15, -0.1) is 0 Å². The van der Waals surface area contributed by atoms with E-state index in [-0.39, 0.29) is 0 Å². The highest BCUT2D eigenvalue weighted by atomic mass is 16.4. The molecule has 0 bridgehead atoms. The second kappa shape index (κ2) is 8.28. The summed E-state index contributed by atoms with van der Waals surface area (Å²) in [5.74, 6) is -1.83. The van der Waals surface area contributed by atoms with Crippen LogP contribution in [0.15, 0.2) is 36.4 Å². The number of aliphatic carboxylic acids is 2. The Balaban J connectivity index is 1.91. The first-order valence-corrected chi connectivity index (χ1v) is 8.96. The monoisotopic (exact) mass is 382 g/mol. The van der Waals surface area contributed by atoms with E-state index < -0.39 is 24.0 Å². The third-order valence-corrected chi connectivity index (χ3v) is 4.55. The Hall–Kier alpha value is -3.10. The highest BCUT2D eigenvalue weighted by Gasteiger charge is 2.12. The van der Waals surface area contributed by atoms with E-state index >= 15 is 0 Å². The molecule has 2 heterocycles. The van der Waals surface area contributed by atoms with Gasteiger partial charge in [-0.2, -0.15) is 0 Å². The Kier molecular flexibility index (Phi) is 5.81. The van der Waals surface area contributed by atoms with Crippen molar-refractivity contribution in [2.45, 2.75) is 39.0 Å². The lowest BCUT2D eigenvalue weighted by Gasteiger charge is -2.11. The van der Waals surface area contributed by atoms with E-state index in [1.807, 2.05) is 36.4 Å². The molecule has 8 heteroatoms. The molecule has 0 radical (unpaired) electrons. The van der Waals surface area contributed by atoms with Crippen molar-refractivity contribution in [2.75, 3.05) is 0 Å². The molecule has 0 amide bonds. The standard InChI is InChI=1S/C20H22N4O4/c1-11(19(25)26)21-9-15-7-5-13-3-4-14-6-8-16(10-22-12(2)20(27)28)24-18(14)17(13)23-15/h3-8,11-12,21-22H,9-10H2,1-2H3,(H,25,26)(H,27,28)/t11-,12-/m0/s1. The van der Waals surface area contributed by atoms with Gasteiger partial charge in [0.1, 0.15) is 12.1 Å². The number of benzene rings is 1. The molecule has 0 aliphatic heterocycles. The topological polar surface area (TPSA) is 124 Å². The predicted octanol–water partition coefficient (Wildman–Crippen LogP) is 1.91. The van der Waals surface area contributed by atoms with Crippen LogP contribution in [0, 0.1) is 0 Å². The molecule has 3 aromatic rings. The Morgan fingerprint density at radius 2 is 1.14 bits per heavy atom. The number of carboxylic acid groups (broad SMARTS) is 2. The van der Waals surface area contributed by atoms with E-state index in [1.54, 1.807) is 13.8 Å². The Morgan fingerprint density at radius 3 is 1.50 bits per heavy atom. The zero-order valence-corrected chi connectivity index (χ0v) is 15.6. The van der Waals surface area contributed by atoms with Crippen molar-refractivity contribution in [2.24, 2.45) is 0 Å². The van der Waals surface area contributed by atoms with Gasteiger partial charge in [0.2, 0.25) is 0 Å². The molecule has 0 aliphatic carbocycles. The van der Waals surface area contributed by atoms with Gasteiger partial charge in [-0.1, -0.05) is 24.3 Å². The van der Waals surface area contributed by atoms with Gasteiger partial charge in [0.25, 0.3) is 0 Å². The number of nitrogens with zero attached hydrogens (tertiary/aromatic N) is 2. The Bertz CT molecular complexity index is 955. The van der Waals surface area contributed by atoms with Crippen LogP contribution in [0.3, 0.4) is 0 Å². The van der Waals surface area contributed by atoms with E-state index in [4.69, 9.17) is 10.2 Å². The maximum atomic E-state index is 11.0. The third-order valence-electron chi connectivity index (χ3n) is 4.55. The van der Waals surface area contributed by atoms with Gasteiger partial charge in [0.15, 0.2) is 0 Å². The molecule has 0 aliphatic rings. The number of hydrogen-bond donors (Lipinski definition) is 4. The zero-order chi connectivity index (χ0) is 20.3. The second-order valence-corrected chi connectivity index (χ2v) is 6.70. The fourth-order valence-electron chi connectivity index (χ4n) is 2.74. The second-order valence-electron chi connectivity index (χ2n) is 6.70. The van der Waals surface area contributed by atoms with E-state index in [0.717, 1.165) is 33.2 Å². The smallest absolute Gasteiger partial charge is 0.320 e. The summed E-state index contributed by atoms with van der Waals surface area (Å²) in [5.41, 5.74) is 2.90. The summed E-state index contributed by atoms with van der Waals surface area (Å²) >= 11 is 0. The molecule has 28 heavy (non-hydrogen) atoms. The molecule has 0 saturated carbocycles. The van der Waals surface area contributed by atoms with Crippen LogP contribution in [0.1, 0.15) is 25.2 Å². The first-order valence-electron chi connectivity index (χ1n) is 8.96. The van der Waals surface area contributed by atoms with E-state index in [9.17, 15) is 9.59 Å². The molecule has 4 N–H and O–H groups in total. The minimum Gasteiger partial charge on any atom is -0.480 e. The SMILES string of the molecule is C[C@H](NCc1ccc2ccc3ccc(CN[C@@H](C)C(=O)O)nc3c2n1)C(=O)O. The molecule has 0 saturated heterocycles. The average Bonchev–Trinajstić information content (AvgIpc) is 2.69. The van der Waals surface area contributed by atoms with Gasteiger partial charge >= 0.3 is 11.9 Å². The van der Waals surface area contributed by atoms with Crippen molar-refractivity contribution in [3.8, 4) is 0 Å². The molecule has 0 spiro atoms. The number of carboxylic acids is 2. The highest BCUT2D eigenvalue weighted by Crippen LogP contribution is 2.23. The van der Waals surface area contributed by atoms with Gasteiger partial charge in [-0.05, 0) is 26.0 Å². The third kappa shape index (κ3) is 4.41. The van der Waals surface area contributed by atoms with Crippen LogP contribution in [0.25, 0.3) is 21.8 Å². The number of nitrogens with one attached hydrogen (secondary N) is 2. The van der Waals surface area contributed by atoms with Gasteiger partial charge in [-0.25, -0.2) is 9.97 Å². The molecule has 3 rings (SSSR count). The van der Waals surface area contributed by atoms with Gasteiger partial charge in [0, 0.05) is 23.9 Å². The summed E-state index contributed by atoms with van der Waals surface area (Å²) in [6, 6.07) is 10.2. The van der Waals surface area contributed by atoms with Gasteiger partial charge in [-0.3, -0.25) is 20.2 Å². The lowest BCUT2D eigenvalue weighted by atomic mass is 10.1. The molecule has 146 valence electrons. The average molecular weight is 382 g/mol. The zero-order valence-electron chi connectivity index (χ0n) is 15.6. The number of rotatable bonds is 8. The Morgan fingerprint density at radius 1 is 0.786 bits per heavy atom. The van der Waals surface area contributed by atoms with Crippen LogP contribution in [-0.2, 0) is 22.7 Å². The fourth-order valence-corrected chi connectivity index (χ4v) is 2.74. The molecule has 8 nitrogen and oxygen atoms in total. The van der Waals surface area contributed by atoms with E-state index in [1.165, 1.54) is 0 Å². The van der Waals surface area contributed by atoms with Crippen LogP contribution in [-0.4, -0.2) is 44.2 Å².